The molecule has 29 heavy (non-hydrogen) atoms. The first-order chi connectivity index (χ1) is 14.1. The normalized spacial score (nSPS) is 17.5. The summed E-state index contributed by atoms with van der Waals surface area (Å²) in [7, 11) is 1.86. The van der Waals surface area contributed by atoms with Crippen LogP contribution in [0.3, 0.4) is 0 Å². The molecule has 2 heterocycles. The molecule has 1 amide bonds. The van der Waals surface area contributed by atoms with E-state index in [1.807, 2.05) is 18.0 Å². The van der Waals surface area contributed by atoms with Crippen molar-refractivity contribution < 1.29 is 14.3 Å². The van der Waals surface area contributed by atoms with Gasteiger partial charge in [0.1, 0.15) is 0 Å². The first-order valence-electron chi connectivity index (χ1n) is 10.1. The number of nitrogens with zero attached hydrogens (tertiary/aromatic N) is 4. The second kappa shape index (κ2) is 8.61. The van der Waals surface area contributed by atoms with Crippen molar-refractivity contribution in [2.75, 3.05) is 26.7 Å². The number of aryl methyl sites for hydroxylation is 1. The summed E-state index contributed by atoms with van der Waals surface area (Å²) in [5.74, 6) is -0.0523. The van der Waals surface area contributed by atoms with Gasteiger partial charge in [0.2, 0.25) is 11.0 Å². The van der Waals surface area contributed by atoms with E-state index in [2.05, 4.69) is 39.0 Å². The molecule has 1 aliphatic heterocycles. The van der Waals surface area contributed by atoms with Crippen LogP contribution in [0, 0.1) is 5.21 Å². The van der Waals surface area contributed by atoms with E-state index < -0.39 is 0 Å². The van der Waals surface area contributed by atoms with Gasteiger partial charge in [0.25, 0.3) is 5.91 Å². The van der Waals surface area contributed by atoms with Crippen LogP contribution in [0.2, 0.25) is 0 Å². The first-order valence-corrected chi connectivity index (χ1v) is 10.1. The fraction of sp³-hybridized carbons (Fsp3) is 0.409. The summed E-state index contributed by atoms with van der Waals surface area (Å²) in [6, 6.07) is 15.6. The van der Waals surface area contributed by atoms with E-state index in [4.69, 9.17) is 0 Å². The van der Waals surface area contributed by atoms with E-state index >= 15 is 0 Å². The summed E-state index contributed by atoms with van der Waals surface area (Å²) in [4.78, 5) is 17.6. The number of rotatable bonds is 6. The molecule has 1 saturated heterocycles. The van der Waals surface area contributed by atoms with Gasteiger partial charge in [-0.15, -0.1) is 0 Å². The van der Waals surface area contributed by atoms with Gasteiger partial charge in [-0.1, -0.05) is 30.3 Å². The average Bonchev–Trinajstić information content (AvgIpc) is 3.14. The standard InChI is InChI=1S/C22H26N4O3/c1-24(22(27)18-11-12-21-20(15-18)23-29-26(21)28)19-10-6-14-25(16-19)13-5-9-17-7-3-2-4-8-17/h2-4,7-8,11-12,15,19H,5-6,9-10,13-14,16H2,1H3/t19-/m0/s1. The molecule has 1 aromatic heterocycles. The van der Waals surface area contributed by atoms with Gasteiger partial charge in [-0.05, 0) is 61.4 Å². The SMILES string of the molecule is CN(C(=O)c1ccc2c(c1)no[n+]2[O-])[C@H]1CCCN(CCCc2ccccc2)C1. The van der Waals surface area contributed by atoms with Gasteiger partial charge >= 0.3 is 0 Å². The third-order valence-corrected chi connectivity index (χ3v) is 5.76. The number of hydrogen-bond acceptors (Lipinski definition) is 5. The monoisotopic (exact) mass is 394 g/mol. The van der Waals surface area contributed by atoms with E-state index in [0.717, 1.165) is 45.3 Å². The quantitative estimate of drug-likeness (QED) is 0.601. The predicted octanol–water partition coefficient (Wildman–Crippen LogP) is 2.63. The zero-order chi connectivity index (χ0) is 20.2. The van der Waals surface area contributed by atoms with Gasteiger partial charge in [-0.2, -0.15) is 0 Å². The molecule has 1 atom stereocenters. The Balaban J connectivity index is 1.34. The van der Waals surface area contributed by atoms with E-state index in [0.29, 0.717) is 21.5 Å². The topological polar surface area (TPSA) is 76.5 Å². The lowest BCUT2D eigenvalue weighted by atomic mass is 10.0. The molecule has 0 aliphatic carbocycles. The van der Waals surface area contributed by atoms with E-state index in [9.17, 15) is 10.0 Å². The highest BCUT2D eigenvalue weighted by atomic mass is 16.8. The minimum absolute atomic E-state index is 0.0523. The smallest absolute Gasteiger partial charge is 0.254 e. The van der Waals surface area contributed by atoms with Crippen molar-refractivity contribution in [3.8, 4) is 0 Å². The number of carbonyl (C=O) groups excluding carboxylic acids is 1. The molecule has 0 spiro atoms. The highest BCUT2D eigenvalue weighted by molar-refractivity contribution is 5.96. The van der Waals surface area contributed by atoms with Gasteiger partial charge < -0.3 is 15.0 Å². The third kappa shape index (κ3) is 4.40. The van der Waals surface area contributed by atoms with Crippen LogP contribution in [0.25, 0.3) is 11.0 Å². The zero-order valence-electron chi connectivity index (χ0n) is 16.7. The van der Waals surface area contributed by atoms with Crippen LogP contribution in [0.1, 0.15) is 35.2 Å². The van der Waals surface area contributed by atoms with Crippen LogP contribution >= 0.6 is 0 Å². The highest BCUT2D eigenvalue weighted by Crippen LogP contribution is 2.19. The van der Waals surface area contributed by atoms with Crippen molar-refractivity contribution >= 4 is 16.9 Å². The van der Waals surface area contributed by atoms with Gasteiger partial charge in [0.05, 0.1) is 0 Å². The number of fused-ring (bicyclic) bond motifs is 1. The maximum Gasteiger partial charge on any atom is 0.254 e. The second-order valence-electron chi connectivity index (χ2n) is 7.74. The molecule has 0 bridgehead atoms. The lowest BCUT2D eigenvalue weighted by Gasteiger charge is -2.37. The molecular weight excluding hydrogens is 368 g/mol. The summed E-state index contributed by atoms with van der Waals surface area (Å²) in [5, 5.41) is 15.1. The number of amides is 1. The lowest BCUT2D eigenvalue weighted by Crippen LogP contribution is -2.48. The van der Waals surface area contributed by atoms with E-state index in [1.54, 1.807) is 18.2 Å². The van der Waals surface area contributed by atoms with Crippen molar-refractivity contribution in [2.24, 2.45) is 0 Å². The number of benzene rings is 2. The minimum Gasteiger partial charge on any atom is -0.359 e. The molecule has 1 aliphatic rings. The predicted molar refractivity (Wildman–Crippen MR) is 109 cm³/mol. The van der Waals surface area contributed by atoms with Crippen molar-refractivity contribution in [3.05, 3.63) is 64.9 Å². The molecule has 0 saturated carbocycles. The van der Waals surface area contributed by atoms with Crippen molar-refractivity contribution in [1.82, 2.24) is 15.0 Å². The zero-order valence-corrected chi connectivity index (χ0v) is 16.7. The number of piperidine rings is 1. The maximum atomic E-state index is 13.0. The number of likely N-dealkylation sites (N-methyl/N-ethyl adjacent to an activating group) is 1. The van der Waals surface area contributed by atoms with Gasteiger partial charge in [-0.25, -0.2) is 0 Å². The average molecular weight is 394 g/mol. The summed E-state index contributed by atoms with van der Waals surface area (Å²) < 4.78 is 4.59. The van der Waals surface area contributed by atoms with Crippen LogP contribution in [0.5, 0.6) is 0 Å². The largest absolute Gasteiger partial charge is 0.359 e. The molecule has 152 valence electrons. The first kappa shape index (κ1) is 19.4. The summed E-state index contributed by atoms with van der Waals surface area (Å²) in [5.41, 5.74) is 2.61. The van der Waals surface area contributed by atoms with Gasteiger partial charge in [-0.3, -0.25) is 9.42 Å². The van der Waals surface area contributed by atoms with Crippen LogP contribution in [-0.4, -0.2) is 53.6 Å². The van der Waals surface area contributed by atoms with Crippen molar-refractivity contribution in [2.45, 2.75) is 31.7 Å². The summed E-state index contributed by atoms with van der Waals surface area (Å²) in [6.07, 6.45) is 4.29. The Kier molecular flexibility index (Phi) is 5.76. The molecular formula is C22H26N4O3. The Morgan fingerprint density at radius 1 is 1.31 bits per heavy atom. The molecule has 7 heteroatoms. The number of hydrogen-bond donors (Lipinski definition) is 0. The minimum atomic E-state index is -0.0523. The molecule has 4 rings (SSSR count). The molecule has 0 unspecified atom stereocenters. The number of likely N-dealkylation sites (tertiary alicyclic amines) is 1. The molecule has 3 aromatic rings. The molecule has 1 fully saturated rings. The van der Waals surface area contributed by atoms with Crippen LogP contribution in [0.4, 0.5) is 0 Å². The van der Waals surface area contributed by atoms with Gasteiger partial charge in [0, 0.05) is 36.4 Å². The number of carbonyl (C=O) groups is 1. The second-order valence-corrected chi connectivity index (χ2v) is 7.74. The van der Waals surface area contributed by atoms with Crippen LogP contribution in [0.15, 0.2) is 53.2 Å². The lowest BCUT2D eigenvalue weighted by molar-refractivity contribution is -0.782. The van der Waals surface area contributed by atoms with Crippen LogP contribution < -0.4 is 4.90 Å². The Labute approximate surface area is 170 Å². The summed E-state index contributed by atoms with van der Waals surface area (Å²) in [6.45, 7) is 3.02. The molecule has 2 aromatic carbocycles. The summed E-state index contributed by atoms with van der Waals surface area (Å²) >= 11 is 0. The molecule has 0 radical (unpaired) electrons. The van der Waals surface area contributed by atoms with E-state index in [-0.39, 0.29) is 11.9 Å². The fourth-order valence-electron chi connectivity index (χ4n) is 4.08. The Morgan fingerprint density at radius 2 is 2.14 bits per heavy atom. The van der Waals surface area contributed by atoms with Gasteiger partial charge in [0.15, 0.2) is 0 Å². The highest BCUT2D eigenvalue weighted by Gasteiger charge is 2.27. The van der Waals surface area contributed by atoms with Crippen molar-refractivity contribution in [1.29, 1.82) is 0 Å². The Bertz CT molecular complexity index is 973. The molecule has 0 N–H and O–H groups in total. The van der Waals surface area contributed by atoms with Crippen LogP contribution in [-0.2, 0) is 6.42 Å². The molecule has 7 nitrogen and oxygen atoms in total. The Morgan fingerprint density at radius 3 is 2.97 bits per heavy atom. The van der Waals surface area contributed by atoms with E-state index in [1.165, 1.54) is 5.56 Å². The maximum absolute atomic E-state index is 13.0. The fourth-order valence-corrected chi connectivity index (χ4v) is 4.08. The van der Waals surface area contributed by atoms with Crippen molar-refractivity contribution in [3.63, 3.8) is 0 Å². The Hall–Kier alpha value is -2.93. The third-order valence-electron chi connectivity index (χ3n) is 5.76. The number of aromatic nitrogens is 2.